The first kappa shape index (κ1) is 30.5. The number of carbonyl (C=O) groups excluding carboxylic acids is 2. The number of amides is 1. The van der Waals surface area contributed by atoms with Gasteiger partial charge in [0.25, 0.3) is 5.91 Å². The van der Waals surface area contributed by atoms with E-state index in [0.717, 1.165) is 11.8 Å². The zero-order valence-electron chi connectivity index (χ0n) is 25.1. The van der Waals surface area contributed by atoms with Crippen LogP contribution in [0.2, 0.25) is 0 Å². The normalized spacial score (nSPS) is 22.6. The van der Waals surface area contributed by atoms with Crippen molar-refractivity contribution in [3.63, 3.8) is 0 Å². The summed E-state index contributed by atoms with van der Waals surface area (Å²) in [5, 5.41) is 2.75. The highest BCUT2D eigenvalue weighted by Gasteiger charge is 2.55. The Hall–Kier alpha value is -3.55. The third-order valence-corrected chi connectivity index (χ3v) is 9.22. The maximum atomic E-state index is 13.9. The smallest absolute Gasteiger partial charge is 0.433 e. The van der Waals surface area contributed by atoms with Crippen molar-refractivity contribution >= 4 is 40.2 Å². The predicted octanol–water partition coefficient (Wildman–Crippen LogP) is 4.71. The van der Waals surface area contributed by atoms with Crippen LogP contribution in [0.15, 0.2) is 59.5 Å². The number of hydrogen-bond acceptors (Lipinski definition) is 8. The fraction of sp³-hybridized carbons (Fsp3) is 0.452. The molecule has 44 heavy (non-hydrogen) atoms. The average molecular weight is 631 g/mol. The van der Waals surface area contributed by atoms with Gasteiger partial charge < -0.3 is 19.3 Å². The van der Waals surface area contributed by atoms with Crippen LogP contribution in [-0.2, 0) is 20.5 Å². The number of anilines is 1. The van der Waals surface area contributed by atoms with Crippen molar-refractivity contribution in [1.29, 1.82) is 0 Å². The summed E-state index contributed by atoms with van der Waals surface area (Å²) in [6.45, 7) is 8.06. The molecule has 0 N–H and O–H groups in total. The van der Waals surface area contributed by atoms with Crippen molar-refractivity contribution in [3.8, 4) is 5.75 Å². The molecule has 1 amide bonds. The Balaban J connectivity index is 1.31. The van der Waals surface area contributed by atoms with Crippen molar-refractivity contribution in [2.24, 2.45) is 0 Å². The van der Waals surface area contributed by atoms with Gasteiger partial charge in [0.15, 0.2) is 5.70 Å². The highest BCUT2D eigenvalue weighted by atomic mass is 32.2. The quantitative estimate of drug-likeness (QED) is 0.348. The summed E-state index contributed by atoms with van der Waals surface area (Å²) in [6.07, 6.45) is 1.10. The topological polar surface area (TPSA) is 75.2 Å². The van der Waals surface area contributed by atoms with Crippen molar-refractivity contribution in [1.82, 2.24) is 14.9 Å². The molecule has 0 bridgehead atoms. The van der Waals surface area contributed by atoms with E-state index >= 15 is 0 Å². The number of rotatable bonds is 5. The molecule has 13 heteroatoms. The van der Waals surface area contributed by atoms with E-state index < -0.39 is 23.4 Å². The number of benzene rings is 1. The lowest BCUT2D eigenvalue weighted by Gasteiger charge is -2.44. The number of halogens is 3. The van der Waals surface area contributed by atoms with E-state index in [1.165, 1.54) is 7.11 Å². The second-order valence-electron chi connectivity index (χ2n) is 12.2. The molecule has 5 heterocycles. The second-order valence-corrected chi connectivity index (χ2v) is 13.2. The summed E-state index contributed by atoms with van der Waals surface area (Å²) in [6, 6.07) is 6.20. The zero-order chi connectivity index (χ0) is 31.4. The van der Waals surface area contributed by atoms with E-state index in [1.807, 2.05) is 23.3 Å². The molecule has 0 unspecified atom stereocenters. The number of para-hydroxylation sites is 1. The van der Waals surface area contributed by atoms with Crippen molar-refractivity contribution < 1.29 is 36.8 Å². The van der Waals surface area contributed by atoms with Gasteiger partial charge in [0.05, 0.1) is 31.6 Å². The Bertz CT molecular complexity index is 1600. The van der Waals surface area contributed by atoms with Crippen molar-refractivity contribution in [2.75, 3.05) is 62.9 Å². The van der Waals surface area contributed by atoms with Gasteiger partial charge >= 0.3 is 12.1 Å². The van der Waals surface area contributed by atoms with Crippen LogP contribution in [0.3, 0.4) is 0 Å². The van der Waals surface area contributed by atoms with E-state index in [-0.39, 0.29) is 28.3 Å². The number of aromatic nitrogens is 1. The van der Waals surface area contributed by atoms with Gasteiger partial charge in [0.2, 0.25) is 0 Å². The molecular formula is C31H35F3N5O4S+. The molecule has 2 aromatic rings. The summed E-state index contributed by atoms with van der Waals surface area (Å²) < 4.78 is 53.0. The maximum Gasteiger partial charge on any atom is 0.433 e. The number of hydrogen-bond donors (Lipinski definition) is 0. The zero-order valence-corrected chi connectivity index (χ0v) is 25.9. The van der Waals surface area contributed by atoms with Crippen LogP contribution in [-0.4, -0.2) is 95.0 Å². The number of piperazine rings is 1. The molecule has 6 rings (SSSR count). The maximum absolute atomic E-state index is 13.9. The first-order valence-electron chi connectivity index (χ1n) is 14.5. The Kier molecular flexibility index (Phi) is 7.70. The minimum Gasteiger partial charge on any atom is -0.494 e. The first-order valence-corrected chi connectivity index (χ1v) is 15.6. The monoisotopic (exact) mass is 630 g/mol. The molecule has 0 aliphatic carbocycles. The van der Waals surface area contributed by atoms with Crippen LogP contribution >= 0.6 is 11.8 Å². The predicted molar refractivity (Wildman–Crippen MR) is 161 cm³/mol. The number of nitrogens with zero attached hydrogens (tertiary/aromatic N) is 5. The summed E-state index contributed by atoms with van der Waals surface area (Å²) in [5.41, 5.74) is 0.287. The number of esters is 1. The van der Waals surface area contributed by atoms with Gasteiger partial charge in [0.1, 0.15) is 40.9 Å². The van der Waals surface area contributed by atoms with Crippen LogP contribution in [0.4, 0.5) is 18.9 Å². The average Bonchev–Trinajstić information content (AvgIpc) is 3.71. The van der Waals surface area contributed by atoms with Gasteiger partial charge in [-0.25, -0.2) is 9.78 Å². The van der Waals surface area contributed by atoms with E-state index in [1.54, 1.807) is 55.6 Å². The summed E-state index contributed by atoms with van der Waals surface area (Å²) in [5.74, 6) is 1.000. The van der Waals surface area contributed by atoms with Crippen LogP contribution in [0.5, 0.6) is 5.75 Å². The SMILES string of the molecule is COc1cccc2c(N3CCN([N@@+]45C=CC=C4C(C(=O)OC(C)(C)C)=C(C(=O)N4CCSC4)C5)CC3)cc(C(F)(F)F)nc12. The number of carbonyl (C=O) groups is 2. The summed E-state index contributed by atoms with van der Waals surface area (Å²) in [7, 11) is 1.41. The molecule has 2 saturated heterocycles. The minimum atomic E-state index is -4.62. The number of ether oxygens (including phenoxy) is 2. The standard InChI is InChI=1S/C31H35F3N5O4S/c1-30(2,3)43-29(41)26-21(28(40)37-14-16-44-19-37)18-39(15-6-8-23(26)39)38-12-10-36(11-13-38)22-17-25(31(32,33)34)35-27-20(22)7-5-9-24(27)42-4/h5-9,15,17H,10-14,16,18-19H2,1-4H3/q+1/t39-/m1/s1. The number of methoxy groups -OCH3 is 1. The molecule has 1 aromatic carbocycles. The molecule has 234 valence electrons. The minimum absolute atomic E-state index is 0.158. The van der Waals surface area contributed by atoms with Crippen LogP contribution in [0.1, 0.15) is 26.5 Å². The molecule has 0 spiro atoms. The van der Waals surface area contributed by atoms with E-state index in [0.29, 0.717) is 66.5 Å². The molecule has 1 atom stereocenters. The second kappa shape index (κ2) is 11.1. The summed E-state index contributed by atoms with van der Waals surface area (Å²) in [4.78, 5) is 35.0. The van der Waals surface area contributed by atoms with Crippen molar-refractivity contribution in [2.45, 2.75) is 32.5 Å². The Morgan fingerprint density at radius 1 is 1.07 bits per heavy atom. The lowest BCUT2D eigenvalue weighted by Crippen LogP contribution is -2.60. The molecule has 0 radical (unpaired) electrons. The lowest BCUT2D eigenvalue weighted by atomic mass is 10.1. The van der Waals surface area contributed by atoms with Crippen molar-refractivity contribution in [3.05, 3.63) is 65.2 Å². The Labute approximate surface area is 258 Å². The highest BCUT2D eigenvalue weighted by Crippen LogP contribution is 2.44. The Morgan fingerprint density at radius 3 is 2.45 bits per heavy atom. The number of fused-ring (bicyclic) bond motifs is 2. The number of quaternary nitrogens is 1. The highest BCUT2D eigenvalue weighted by molar-refractivity contribution is 7.99. The summed E-state index contributed by atoms with van der Waals surface area (Å²) >= 11 is 1.67. The van der Waals surface area contributed by atoms with Gasteiger partial charge in [0, 0.05) is 42.5 Å². The van der Waals surface area contributed by atoms with E-state index in [4.69, 9.17) is 9.47 Å². The number of allylic oxidation sites excluding steroid dienone is 2. The molecule has 4 aliphatic rings. The number of thioether (sulfide) groups is 1. The van der Waals surface area contributed by atoms with Gasteiger partial charge in [-0.1, -0.05) is 12.1 Å². The first-order chi connectivity index (χ1) is 20.8. The largest absolute Gasteiger partial charge is 0.494 e. The molecular weight excluding hydrogens is 595 g/mol. The van der Waals surface area contributed by atoms with Crippen LogP contribution in [0, 0.1) is 0 Å². The fourth-order valence-corrected chi connectivity index (χ4v) is 7.23. The van der Waals surface area contributed by atoms with Gasteiger partial charge in [-0.3, -0.25) is 4.79 Å². The van der Waals surface area contributed by atoms with Crippen LogP contribution in [0.25, 0.3) is 10.9 Å². The third kappa shape index (κ3) is 5.34. The van der Waals surface area contributed by atoms with Gasteiger partial charge in [-0.05, 0) is 39.0 Å². The Morgan fingerprint density at radius 2 is 1.82 bits per heavy atom. The molecule has 2 fully saturated rings. The molecule has 4 aliphatic heterocycles. The molecule has 9 nitrogen and oxygen atoms in total. The molecule has 1 aromatic heterocycles. The third-order valence-electron chi connectivity index (χ3n) is 8.25. The number of alkyl halides is 3. The van der Waals surface area contributed by atoms with Crippen LogP contribution < -0.4 is 9.64 Å². The van der Waals surface area contributed by atoms with E-state index in [9.17, 15) is 22.8 Å². The number of pyridine rings is 1. The fourth-order valence-electron chi connectivity index (χ4n) is 6.29. The van der Waals surface area contributed by atoms with Gasteiger partial charge in [-0.15, -0.1) is 16.8 Å². The lowest BCUT2D eigenvalue weighted by molar-refractivity contribution is -0.948. The van der Waals surface area contributed by atoms with Gasteiger partial charge in [-0.2, -0.15) is 17.8 Å². The molecule has 0 saturated carbocycles. The van der Waals surface area contributed by atoms with E-state index in [2.05, 4.69) is 9.99 Å².